The van der Waals surface area contributed by atoms with Crippen LogP contribution in [0.15, 0.2) is 24.3 Å². The molecule has 0 fully saturated rings. The van der Waals surface area contributed by atoms with Crippen molar-refractivity contribution in [2.24, 2.45) is 0 Å². The number of hydrogen-bond donors (Lipinski definition) is 3. The van der Waals surface area contributed by atoms with Crippen LogP contribution in [0, 0.1) is 10.1 Å². The number of hydrazine groups is 1. The number of nitro benzene ring substituents is 1. The molecule has 0 spiro atoms. The number of rotatable bonds is 4. The lowest BCUT2D eigenvalue weighted by Gasteiger charge is -2.08. The van der Waals surface area contributed by atoms with Gasteiger partial charge in [0, 0.05) is 24.9 Å². The third kappa shape index (κ3) is 5.00. The zero-order valence-corrected chi connectivity index (χ0v) is 10.0. The molecular weight excluding hydrogens is 256 g/mol. The van der Waals surface area contributed by atoms with Gasteiger partial charge in [-0.25, -0.2) is 10.2 Å². The minimum atomic E-state index is -0.732. The lowest BCUT2D eigenvalue weighted by molar-refractivity contribution is -0.384. The highest BCUT2D eigenvalue weighted by Gasteiger charge is 2.08. The van der Waals surface area contributed by atoms with Crippen molar-refractivity contribution in [2.75, 3.05) is 19.0 Å². The molecular formula is C10H12N4O5. The number of nitrogens with zero attached hydrogens (tertiary/aromatic N) is 1. The first-order chi connectivity index (χ1) is 9.02. The summed E-state index contributed by atoms with van der Waals surface area (Å²) in [4.78, 5) is 32.3. The topological polar surface area (TPSA) is 123 Å². The third-order valence-electron chi connectivity index (χ3n) is 1.91. The summed E-state index contributed by atoms with van der Waals surface area (Å²) in [5.41, 5.74) is 4.22. The molecule has 0 radical (unpaired) electrons. The van der Waals surface area contributed by atoms with Crippen LogP contribution < -0.4 is 16.2 Å². The van der Waals surface area contributed by atoms with E-state index in [1.54, 1.807) is 0 Å². The highest BCUT2D eigenvalue weighted by molar-refractivity contribution is 5.91. The molecule has 3 N–H and O–H groups in total. The van der Waals surface area contributed by atoms with E-state index >= 15 is 0 Å². The maximum Gasteiger partial charge on any atom is 0.337 e. The minimum Gasteiger partial charge on any atom is -0.375 e. The summed E-state index contributed by atoms with van der Waals surface area (Å²) < 4.78 is 4.54. The number of benzene rings is 1. The fraction of sp³-hybridized carbons (Fsp3) is 0.200. The summed E-state index contributed by atoms with van der Waals surface area (Å²) in [5, 5.41) is 12.9. The summed E-state index contributed by atoms with van der Waals surface area (Å²) >= 11 is 0. The van der Waals surface area contributed by atoms with E-state index < -0.39 is 16.9 Å². The average Bonchev–Trinajstić information content (AvgIpc) is 2.37. The fourth-order valence-corrected chi connectivity index (χ4v) is 1.15. The van der Waals surface area contributed by atoms with Gasteiger partial charge in [-0.05, 0) is 6.07 Å². The predicted molar refractivity (Wildman–Crippen MR) is 65.3 cm³/mol. The van der Waals surface area contributed by atoms with Crippen LogP contribution in [0.25, 0.3) is 0 Å². The molecule has 0 aliphatic rings. The second kappa shape index (κ2) is 6.91. The first-order valence-corrected chi connectivity index (χ1v) is 5.12. The number of urea groups is 1. The van der Waals surface area contributed by atoms with Crippen molar-refractivity contribution in [3.05, 3.63) is 34.4 Å². The number of anilines is 1. The molecule has 3 amide bonds. The van der Waals surface area contributed by atoms with Gasteiger partial charge < -0.3 is 10.1 Å². The van der Waals surface area contributed by atoms with Gasteiger partial charge in [-0.3, -0.25) is 20.3 Å². The number of amides is 3. The van der Waals surface area contributed by atoms with Crippen LogP contribution in [0.1, 0.15) is 0 Å². The fourth-order valence-electron chi connectivity index (χ4n) is 1.15. The molecule has 0 aromatic heterocycles. The highest BCUT2D eigenvalue weighted by Crippen LogP contribution is 2.16. The Balaban J connectivity index is 2.50. The van der Waals surface area contributed by atoms with Crippen molar-refractivity contribution in [1.29, 1.82) is 0 Å². The number of carbonyl (C=O) groups is 2. The molecule has 0 heterocycles. The Morgan fingerprint density at radius 3 is 2.74 bits per heavy atom. The smallest absolute Gasteiger partial charge is 0.337 e. The second-order valence-electron chi connectivity index (χ2n) is 3.37. The van der Waals surface area contributed by atoms with Crippen LogP contribution in [-0.4, -0.2) is 30.6 Å². The maximum absolute atomic E-state index is 11.4. The summed E-state index contributed by atoms with van der Waals surface area (Å²) in [5.74, 6) is -0.531. The van der Waals surface area contributed by atoms with Gasteiger partial charge in [0.05, 0.1) is 4.92 Å². The number of hydrogen-bond acceptors (Lipinski definition) is 5. The molecule has 1 aromatic rings. The lowest BCUT2D eigenvalue weighted by atomic mass is 10.3. The molecule has 9 nitrogen and oxygen atoms in total. The molecule has 0 saturated carbocycles. The van der Waals surface area contributed by atoms with E-state index in [1.807, 2.05) is 0 Å². The lowest BCUT2D eigenvalue weighted by Crippen LogP contribution is -2.45. The van der Waals surface area contributed by atoms with Crippen LogP contribution in [0.5, 0.6) is 0 Å². The zero-order valence-electron chi connectivity index (χ0n) is 10.0. The number of carbonyl (C=O) groups excluding carboxylic acids is 2. The molecule has 0 aliphatic heterocycles. The molecule has 0 unspecified atom stereocenters. The Kier molecular flexibility index (Phi) is 5.23. The normalized spacial score (nSPS) is 9.53. The SMILES string of the molecule is COCC(=O)NNC(=O)Nc1cccc([N+](=O)[O-])c1. The van der Waals surface area contributed by atoms with Crippen LogP contribution in [0.2, 0.25) is 0 Å². The summed E-state index contributed by atoms with van der Waals surface area (Å²) in [6, 6.07) is 4.66. The van der Waals surface area contributed by atoms with Gasteiger partial charge in [-0.15, -0.1) is 0 Å². The Bertz CT molecular complexity index is 491. The van der Waals surface area contributed by atoms with E-state index in [9.17, 15) is 19.7 Å². The molecule has 0 bridgehead atoms. The van der Waals surface area contributed by atoms with Crippen LogP contribution in [0.3, 0.4) is 0 Å². The number of nitrogens with one attached hydrogen (secondary N) is 3. The van der Waals surface area contributed by atoms with E-state index in [2.05, 4.69) is 20.9 Å². The molecule has 19 heavy (non-hydrogen) atoms. The number of methoxy groups -OCH3 is 1. The van der Waals surface area contributed by atoms with Crippen LogP contribution >= 0.6 is 0 Å². The minimum absolute atomic E-state index is 0.152. The van der Waals surface area contributed by atoms with Crippen molar-refractivity contribution >= 4 is 23.3 Å². The summed E-state index contributed by atoms with van der Waals surface area (Å²) in [7, 11) is 1.34. The average molecular weight is 268 g/mol. The van der Waals surface area contributed by atoms with Gasteiger partial charge in [0.2, 0.25) is 0 Å². The number of non-ortho nitro benzene ring substituents is 1. The van der Waals surface area contributed by atoms with E-state index in [0.29, 0.717) is 0 Å². The summed E-state index contributed by atoms with van der Waals surface area (Å²) in [6.45, 7) is -0.197. The van der Waals surface area contributed by atoms with Gasteiger partial charge in [0.25, 0.3) is 11.6 Å². The highest BCUT2D eigenvalue weighted by atomic mass is 16.6. The van der Waals surface area contributed by atoms with Crippen molar-refractivity contribution in [1.82, 2.24) is 10.9 Å². The van der Waals surface area contributed by atoms with Crippen molar-refractivity contribution in [3.63, 3.8) is 0 Å². The first-order valence-electron chi connectivity index (χ1n) is 5.12. The molecule has 102 valence electrons. The van der Waals surface area contributed by atoms with Crippen LogP contribution in [0.4, 0.5) is 16.2 Å². The largest absolute Gasteiger partial charge is 0.375 e. The van der Waals surface area contributed by atoms with Crippen molar-refractivity contribution in [2.45, 2.75) is 0 Å². The van der Waals surface area contributed by atoms with Gasteiger partial charge in [-0.2, -0.15) is 0 Å². The second-order valence-corrected chi connectivity index (χ2v) is 3.37. The number of ether oxygens (including phenoxy) is 1. The van der Waals surface area contributed by atoms with E-state index in [1.165, 1.54) is 31.4 Å². The molecule has 0 saturated heterocycles. The predicted octanol–water partition coefficient (Wildman–Crippen LogP) is 0.394. The maximum atomic E-state index is 11.4. The van der Waals surface area contributed by atoms with Gasteiger partial charge in [0.15, 0.2) is 0 Å². The Labute approximate surface area is 108 Å². The third-order valence-corrected chi connectivity index (χ3v) is 1.91. The zero-order chi connectivity index (χ0) is 14.3. The van der Waals surface area contributed by atoms with Crippen molar-refractivity contribution in [3.8, 4) is 0 Å². The first kappa shape index (κ1) is 14.4. The van der Waals surface area contributed by atoms with Crippen LogP contribution in [-0.2, 0) is 9.53 Å². The Morgan fingerprint density at radius 2 is 2.11 bits per heavy atom. The molecule has 0 atom stereocenters. The standard InChI is InChI=1S/C10H12N4O5/c1-19-6-9(15)12-13-10(16)11-7-3-2-4-8(5-7)14(17)18/h2-5H,6H2,1H3,(H,12,15)(H2,11,13,16). The van der Waals surface area contributed by atoms with E-state index in [4.69, 9.17) is 0 Å². The Hall–Kier alpha value is -2.68. The Morgan fingerprint density at radius 1 is 1.37 bits per heavy atom. The van der Waals surface area contributed by atoms with Gasteiger partial charge in [0.1, 0.15) is 6.61 Å². The monoisotopic (exact) mass is 268 g/mol. The molecule has 1 rings (SSSR count). The van der Waals surface area contributed by atoms with E-state index in [-0.39, 0.29) is 18.0 Å². The van der Waals surface area contributed by atoms with Gasteiger partial charge >= 0.3 is 6.03 Å². The quantitative estimate of drug-likeness (QED) is 0.538. The summed E-state index contributed by atoms with van der Waals surface area (Å²) in [6.07, 6.45) is 0. The molecule has 0 aliphatic carbocycles. The van der Waals surface area contributed by atoms with Crippen molar-refractivity contribution < 1.29 is 19.2 Å². The van der Waals surface area contributed by atoms with E-state index in [0.717, 1.165) is 0 Å². The molecule has 9 heteroatoms. The number of nitro groups is 1. The molecule has 1 aromatic carbocycles. The van der Waals surface area contributed by atoms with Gasteiger partial charge in [-0.1, -0.05) is 6.07 Å².